The maximum absolute atomic E-state index is 12.5. The molecule has 2 aromatic carbocycles. The van der Waals surface area contributed by atoms with Crippen LogP contribution in [0.5, 0.6) is 0 Å². The zero-order chi connectivity index (χ0) is 17.4. The number of carboxylic acids is 1. The van der Waals surface area contributed by atoms with Crippen LogP contribution in [0.2, 0.25) is 0 Å². The van der Waals surface area contributed by atoms with E-state index in [4.69, 9.17) is 9.52 Å². The van der Waals surface area contributed by atoms with Gasteiger partial charge in [-0.2, -0.15) is 0 Å². The third-order valence-corrected chi connectivity index (χ3v) is 5.43. The van der Waals surface area contributed by atoms with Gasteiger partial charge in [0.25, 0.3) is 0 Å². The van der Waals surface area contributed by atoms with E-state index in [9.17, 15) is 9.59 Å². The normalized spacial score (nSPS) is 16.0. The number of furan rings is 1. The second-order valence-electron chi connectivity index (χ2n) is 5.82. The highest BCUT2D eigenvalue weighted by Gasteiger charge is 2.31. The van der Waals surface area contributed by atoms with E-state index in [0.717, 1.165) is 16.2 Å². The third-order valence-electron chi connectivity index (χ3n) is 4.16. The van der Waals surface area contributed by atoms with Crippen LogP contribution in [0.25, 0.3) is 11.3 Å². The van der Waals surface area contributed by atoms with E-state index >= 15 is 0 Å². The number of rotatable bonds is 4. The molecule has 0 spiro atoms. The smallest absolute Gasteiger partial charge is 0.335 e. The molecule has 25 heavy (non-hydrogen) atoms. The fraction of sp³-hybridized carbons (Fsp3) is 0.100. The first-order chi connectivity index (χ1) is 12.1. The summed E-state index contributed by atoms with van der Waals surface area (Å²) in [5, 5.41) is 8.92. The number of carboxylic acid groups (broad SMARTS) is 1. The van der Waals surface area contributed by atoms with E-state index in [1.807, 2.05) is 36.4 Å². The monoisotopic (exact) mass is 350 g/mol. The zero-order valence-electron chi connectivity index (χ0n) is 13.1. The van der Waals surface area contributed by atoms with E-state index < -0.39 is 5.97 Å². The Kier molecular flexibility index (Phi) is 3.93. The lowest BCUT2D eigenvalue weighted by atomic mass is 10.1. The van der Waals surface area contributed by atoms with Crippen molar-refractivity contribution in [3.8, 4) is 11.3 Å². The fourth-order valence-electron chi connectivity index (χ4n) is 2.92. The van der Waals surface area contributed by atoms with Crippen molar-refractivity contribution in [3.05, 3.63) is 77.6 Å². The molecule has 1 aromatic heterocycles. The summed E-state index contributed by atoms with van der Waals surface area (Å²) in [4.78, 5) is 24.6. The first-order valence-electron chi connectivity index (χ1n) is 7.84. The van der Waals surface area contributed by atoms with Gasteiger partial charge in [-0.1, -0.05) is 30.3 Å². The van der Waals surface area contributed by atoms with Crippen LogP contribution >= 0.6 is 11.8 Å². The molecule has 4 rings (SSSR count). The molecule has 0 saturated heterocycles. The Balaban J connectivity index is 1.54. The average molecular weight is 350 g/mol. The topological polar surface area (TPSA) is 67.5 Å². The first-order valence-corrected chi connectivity index (χ1v) is 8.72. The van der Waals surface area contributed by atoms with Gasteiger partial charge in [0.15, 0.2) is 5.78 Å². The van der Waals surface area contributed by atoms with Gasteiger partial charge in [0.05, 0.1) is 10.8 Å². The summed E-state index contributed by atoms with van der Waals surface area (Å²) in [6.07, 6.45) is 0.511. The highest BCUT2D eigenvalue weighted by molar-refractivity contribution is 8.01. The van der Waals surface area contributed by atoms with Crippen molar-refractivity contribution in [2.45, 2.75) is 16.6 Å². The third kappa shape index (κ3) is 2.98. The van der Waals surface area contributed by atoms with Crippen LogP contribution in [0.15, 0.2) is 70.0 Å². The van der Waals surface area contributed by atoms with E-state index in [1.165, 1.54) is 0 Å². The van der Waals surface area contributed by atoms with E-state index in [1.54, 1.807) is 36.0 Å². The van der Waals surface area contributed by atoms with Gasteiger partial charge in [-0.25, -0.2) is 4.79 Å². The second-order valence-corrected chi connectivity index (χ2v) is 7.07. The van der Waals surface area contributed by atoms with Crippen LogP contribution < -0.4 is 0 Å². The van der Waals surface area contributed by atoms with Crippen molar-refractivity contribution >= 4 is 23.5 Å². The van der Waals surface area contributed by atoms with Crippen molar-refractivity contribution in [2.24, 2.45) is 0 Å². The average Bonchev–Trinajstić information content (AvgIpc) is 3.21. The number of hydrogen-bond acceptors (Lipinski definition) is 4. The van der Waals surface area contributed by atoms with Gasteiger partial charge in [0.1, 0.15) is 11.5 Å². The first kappa shape index (κ1) is 15.7. The zero-order valence-corrected chi connectivity index (χ0v) is 14.0. The van der Waals surface area contributed by atoms with Crippen LogP contribution in [0, 0.1) is 0 Å². The van der Waals surface area contributed by atoms with Crippen LogP contribution in [0.4, 0.5) is 0 Å². The number of carbonyl (C=O) groups excluding carboxylic acids is 1. The van der Waals surface area contributed by atoms with Gasteiger partial charge in [-0.15, -0.1) is 11.8 Å². The molecule has 1 aliphatic rings. The van der Waals surface area contributed by atoms with Gasteiger partial charge in [0, 0.05) is 22.4 Å². The van der Waals surface area contributed by atoms with Gasteiger partial charge in [-0.05, 0) is 30.3 Å². The summed E-state index contributed by atoms with van der Waals surface area (Å²) < 4.78 is 5.86. The van der Waals surface area contributed by atoms with Gasteiger partial charge >= 0.3 is 5.97 Å². The van der Waals surface area contributed by atoms with E-state index in [-0.39, 0.29) is 16.6 Å². The van der Waals surface area contributed by atoms with Crippen molar-refractivity contribution in [1.82, 2.24) is 0 Å². The van der Waals surface area contributed by atoms with Gasteiger partial charge < -0.3 is 9.52 Å². The molecule has 0 saturated carbocycles. The molecular formula is C20H14O4S. The molecule has 0 bridgehead atoms. The number of carbonyl (C=O) groups is 2. The number of hydrogen-bond donors (Lipinski definition) is 1. The number of aromatic carboxylic acids is 1. The number of benzene rings is 2. The number of ketones is 1. The van der Waals surface area contributed by atoms with Crippen LogP contribution in [0.3, 0.4) is 0 Å². The minimum atomic E-state index is -0.973. The Morgan fingerprint density at radius 3 is 2.72 bits per heavy atom. The molecule has 124 valence electrons. The number of thioether (sulfide) groups is 1. The molecule has 0 radical (unpaired) electrons. The molecule has 0 amide bonds. The van der Waals surface area contributed by atoms with Crippen LogP contribution in [-0.2, 0) is 6.42 Å². The Hall–Kier alpha value is -2.79. The minimum Gasteiger partial charge on any atom is -0.478 e. The minimum absolute atomic E-state index is 0.131. The summed E-state index contributed by atoms with van der Waals surface area (Å²) in [5.74, 6) is 0.478. The summed E-state index contributed by atoms with van der Waals surface area (Å²) in [6.45, 7) is 0. The Morgan fingerprint density at radius 2 is 1.92 bits per heavy atom. The van der Waals surface area contributed by atoms with Crippen molar-refractivity contribution < 1.29 is 19.1 Å². The molecule has 1 aliphatic heterocycles. The lowest BCUT2D eigenvalue weighted by Crippen LogP contribution is -2.14. The van der Waals surface area contributed by atoms with Gasteiger partial charge in [0.2, 0.25) is 0 Å². The van der Waals surface area contributed by atoms with Crippen LogP contribution in [0.1, 0.15) is 26.5 Å². The lowest BCUT2D eigenvalue weighted by Gasteiger charge is -2.04. The predicted octanol–water partition coefficient (Wildman–Crippen LogP) is 4.54. The molecule has 0 fully saturated rings. The quantitative estimate of drug-likeness (QED) is 0.748. The predicted molar refractivity (Wildman–Crippen MR) is 95.2 cm³/mol. The highest BCUT2D eigenvalue weighted by Crippen LogP contribution is 2.38. The second kappa shape index (κ2) is 6.26. The number of fused-ring (bicyclic) bond motifs is 1. The fourth-order valence-corrected chi connectivity index (χ4v) is 4.16. The summed E-state index contributed by atoms with van der Waals surface area (Å²) >= 11 is 1.56. The summed E-state index contributed by atoms with van der Waals surface area (Å²) in [5.41, 5.74) is 1.70. The maximum Gasteiger partial charge on any atom is 0.335 e. The van der Waals surface area contributed by atoms with E-state index in [2.05, 4.69) is 0 Å². The molecule has 4 nitrogen and oxygen atoms in total. The molecule has 3 aromatic rings. The molecule has 2 heterocycles. The van der Waals surface area contributed by atoms with Gasteiger partial charge in [-0.3, -0.25) is 4.79 Å². The lowest BCUT2D eigenvalue weighted by molar-refractivity contribution is 0.0696. The van der Waals surface area contributed by atoms with Crippen LogP contribution in [-0.4, -0.2) is 22.1 Å². The molecule has 1 unspecified atom stereocenters. The van der Waals surface area contributed by atoms with E-state index in [0.29, 0.717) is 17.7 Å². The summed E-state index contributed by atoms with van der Waals surface area (Å²) in [7, 11) is 0. The largest absolute Gasteiger partial charge is 0.478 e. The molecule has 5 heteroatoms. The maximum atomic E-state index is 12.5. The molecular weight excluding hydrogens is 336 g/mol. The Bertz CT molecular complexity index is 973. The standard InChI is InChI=1S/C20H14O4S/c21-19-15-6-1-2-7-17(15)25-18(19)11-14-8-9-16(24-14)12-4-3-5-13(10-12)20(22)23/h1-10,18H,11H2,(H,22,23). The van der Waals surface area contributed by atoms with Crippen molar-refractivity contribution in [1.29, 1.82) is 0 Å². The Labute approximate surface area is 148 Å². The summed E-state index contributed by atoms with van der Waals surface area (Å²) in [6, 6.07) is 17.9. The Morgan fingerprint density at radius 1 is 1.08 bits per heavy atom. The SMILES string of the molecule is O=C(O)c1cccc(-c2ccc(CC3Sc4ccccc4C3=O)o2)c1. The molecule has 0 aliphatic carbocycles. The van der Waals surface area contributed by atoms with Crippen molar-refractivity contribution in [2.75, 3.05) is 0 Å². The highest BCUT2D eigenvalue weighted by atomic mass is 32.2. The number of Topliss-reactive ketones (excluding diaryl/α,β-unsaturated/α-hetero) is 1. The molecule has 1 N–H and O–H groups in total. The molecule has 1 atom stereocenters. The van der Waals surface area contributed by atoms with Crippen molar-refractivity contribution in [3.63, 3.8) is 0 Å².